The number of halogens is 3. The number of carbonyl (C=O) groups excluding carboxylic acids is 1. The van der Waals surface area contributed by atoms with Gasteiger partial charge in [0.2, 0.25) is 0 Å². The zero-order valence-corrected chi connectivity index (χ0v) is 11.1. The van der Waals surface area contributed by atoms with Crippen LogP contribution in [0.25, 0.3) is 0 Å². The van der Waals surface area contributed by atoms with Crippen LogP contribution in [0.4, 0.5) is 18.9 Å². The molecule has 0 heterocycles. The molecule has 1 atom stereocenters. The Labute approximate surface area is 118 Å². The van der Waals surface area contributed by atoms with Crippen LogP contribution in [0.15, 0.2) is 18.2 Å². The van der Waals surface area contributed by atoms with Gasteiger partial charge in [0.1, 0.15) is 0 Å². The van der Waals surface area contributed by atoms with Crippen molar-refractivity contribution in [1.82, 2.24) is 5.32 Å². The lowest BCUT2D eigenvalue weighted by atomic mass is 10.1. The fraction of sp³-hybridized carbons (Fsp3) is 0.417. The Hall–Kier alpha value is -2.00. The van der Waals surface area contributed by atoms with Crippen molar-refractivity contribution in [2.75, 3.05) is 26.1 Å². The second-order valence-corrected chi connectivity index (χ2v) is 4.11. The van der Waals surface area contributed by atoms with Gasteiger partial charge in [-0.2, -0.15) is 0 Å². The van der Waals surface area contributed by atoms with Gasteiger partial charge in [-0.3, -0.25) is 4.79 Å². The summed E-state index contributed by atoms with van der Waals surface area (Å²) < 4.78 is 44.7. The van der Waals surface area contributed by atoms with Gasteiger partial charge in [0, 0.05) is 12.7 Å². The lowest BCUT2D eigenvalue weighted by molar-refractivity contribution is -0.274. The van der Waals surface area contributed by atoms with Crippen LogP contribution >= 0.6 is 0 Å². The molecule has 1 aromatic rings. The first kappa shape index (κ1) is 17.1. The van der Waals surface area contributed by atoms with Gasteiger partial charge in [0.05, 0.1) is 24.9 Å². The molecule has 1 unspecified atom stereocenters. The van der Waals surface area contributed by atoms with Crippen molar-refractivity contribution in [1.29, 1.82) is 0 Å². The number of nitrogens with two attached hydrogens (primary N) is 1. The molecule has 6 nitrogen and oxygen atoms in total. The van der Waals surface area contributed by atoms with E-state index in [4.69, 9.17) is 15.6 Å². The number of aliphatic hydroxyl groups is 1. The Morgan fingerprint density at radius 2 is 2.14 bits per heavy atom. The number of methoxy groups -OCH3 is 1. The number of alkyl halides is 3. The van der Waals surface area contributed by atoms with Crippen molar-refractivity contribution < 1.29 is 32.5 Å². The summed E-state index contributed by atoms with van der Waals surface area (Å²) in [5.74, 6) is -1.19. The van der Waals surface area contributed by atoms with Gasteiger partial charge in [-0.05, 0) is 18.2 Å². The van der Waals surface area contributed by atoms with E-state index in [1.807, 2.05) is 0 Å². The van der Waals surface area contributed by atoms with Gasteiger partial charge < -0.3 is 25.6 Å². The molecule has 0 fully saturated rings. The van der Waals surface area contributed by atoms with E-state index in [0.29, 0.717) is 0 Å². The summed E-state index contributed by atoms with van der Waals surface area (Å²) in [5.41, 5.74) is 5.12. The Bertz CT molecular complexity index is 494. The summed E-state index contributed by atoms with van der Waals surface area (Å²) in [6.07, 6.45) is -4.86. The van der Waals surface area contributed by atoms with Crippen molar-refractivity contribution in [3.8, 4) is 5.75 Å². The topological polar surface area (TPSA) is 93.8 Å². The van der Waals surface area contributed by atoms with E-state index in [9.17, 15) is 18.0 Å². The van der Waals surface area contributed by atoms with Gasteiger partial charge >= 0.3 is 6.36 Å². The molecule has 0 bridgehead atoms. The molecule has 118 valence electrons. The second-order valence-electron chi connectivity index (χ2n) is 4.11. The Morgan fingerprint density at radius 1 is 1.48 bits per heavy atom. The largest absolute Gasteiger partial charge is 0.573 e. The fourth-order valence-electron chi connectivity index (χ4n) is 1.52. The van der Waals surface area contributed by atoms with Gasteiger partial charge in [-0.25, -0.2) is 0 Å². The highest BCUT2D eigenvalue weighted by Crippen LogP contribution is 2.28. The first-order valence-corrected chi connectivity index (χ1v) is 5.82. The zero-order chi connectivity index (χ0) is 16.0. The van der Waals surface area contributed by atoms with E-state index < -0.39 is 24.1 Å². The summed E-state index contributed by atoms with van der Waals surface area (Å²) in [6, 6.07) is 2.50. The maximum absolute atomic E-state index is 12.1. The zero-order valence-electron chi connectivity index (χ0n) is 11.1. The van der Waals surface area contributed by atoms with Crippen LogP contribution in [0.1, 0.15) is 10.4 Å². The van der Waals surface area contributed by atoms with Gasteiger partial charge in [-0.15, -0.1) is 13.2 Å². The van der Waals surface area contributed by atoms with E-state index in [0.717, 1.165) is 18.2 Å². The highest BCUT2D eigenvalue weighted by atomic mass is 19.4. The minimum Gasteiger partial charge on any atom is -0.404 e. The summed E-state index contributed by atoms with van der Waals surface area (Å²) in [6.45, 7) is -0.253. The predicted octanol–water partition coefficient (Wildman–Crippen LogP) is 0.904. The fourth-order valence-corrected chi connectivity index (χ4v) is 1.52. The van der Waals surface area contributed by atoms with Gasteiger partial charge in [-0.1, -0.05) is 0 Å². The third kappa shape index (κ3) is 5.48. The SMILES string of the molecule is COCC(CO)NC(=O)c1ccc(OC(F)(F)F)c(N)c1. The Balaban J connectivity index is 2.81. The predicted molar refractivity (Wildman–Crippen MR) is 67.8 cm³/mol. The number of hydrogen-bond acceptors (Lipinski definition) is 5. The first-order valence-electron chi connectivity index (χ1n) is 5.82. The van der Waals surface area contributed by atoms with Crippen molar-refractivity contribution in [3.63, 3.8) is 0 Å². The maximum atomic E-state index is 12.1. The van der Waals surface area contributed by atoms with Gasteiger partial charge in [0.15, 0.2) is 5.75 Å². The van der Waals surface area contributed by atoms with Crippen LogP contribution in [0.5, 0.6) is 5.75 Å². The van der Waals surface area contributed by atoms with Crippen molar-refractivity contribution in [2.24, 2.45) is 0 Å². The highest BCUT2D eigenvalue weighted by Gasteiger charge is 2.32. The minimum atomic E-state index is -4.86. The van der Waals surface area contributed by atoms with Crippen LogP contribution in [0.3, 0.4) is 0 Å². The number of benzene rings is 1. The molecule has 0 aliphatic rings. The van der Waals surface area contributed by atoms with E-state index in [1.165, 1.54) is 7.11 Å². The molecule has 0 saturated carbocycles. The first-order chi connectivity index (χ1) is 9.76. The molecule has 0 saturated heterocycles. The lowest BCUT2D eigenvalue weighted by Crippen LogP contribution is -2.40. The number of anilines is 1. The van der Waals surface area contributed by atoms with Gasteiger partial charge in [0.25, 0.3) is 5.91 Å². The third-order valence-electron chi connectivity index (χ3n) is 2.42. The second kappa shape index (κ2) is 7.14. The molecule has 1 rings (SSSR count). The number of nitrogen functional groups attached to an aromatic ring is 1. The molecule has 4 N–H and O–H groups in total. The van der Waals surface area contributed by atoms with E-state index >= 15 is 0 Å². The van der Waals surface area contributed by atoms with Crippen LogP contribution in [0.2, 0.25) is 0 Å². The van der Waals surface area contributed by atoms with E-state index in [1.54, 1.807) is 0 Å². The van der Waals surface area contributed by atoms with Crippen molar-refractivity contribution in [2.45, 2.75) is 12.4 Å². The van der Waals surface area contributed by atoms with E-state index in [-0.39, 0.29) is 24.5 Å². The smallest absolute Gasteiger partial charge is 0.404 e. The quantitative estimate of drug-likeness (QED) is 0.679. The number of aliphatic hydroxyl groups excluding tert-OH is 1. The van der Waals surface area contributed by atoms with Crippen LogP contribution < -0.4 is 15.8 Å². The number of ether oxygens (including phenoxy) is 2. The molecule has 0 aromatic heterocycles. The number of carbonyl (C=O) groups is 1. The molecule has 1 amide bonds. The van der Waals surface area contributed by atoms with Crippen LogP contribution in [0, 0.1) is 0 Å². The molecular weight excluding hydrogens is 293 g/mol. The van der Waals surface area contributed by atoms with Crippen molar-refractivity contribution in [3.05, 3.63) is 23.8 Å². The Morgan fingerprint density at radius 3 is 2.62 bits per heavy atom. The molecule has 1 aromatic carbocycles. The monoisotopic (exact) mass is 308 g/mol. The lowest BCUT2D eigenvalue weighted by Gasteiger charge is -2.16. The van der Waals surface area contributed by atoms with Crippen molar-refractivity contribution >= 4 is 11.6 Å². The van der Waals surface area contributed by atoms with E-state index in [2.05, 4.69) is 10.1 Å². The minimum absolute atomic E-state index is 0.0385. The summed E-state index contributed by atoms with van der Waals surface area (Å²) >= 11 is 0. The molecular formula is C12H15F3N2O4. The molecule has 0 spiro atoms. The molecule has 0 aliphatic carbocycles. The number of nitrogens with one attached hydrogen (secondary N) is 1. The third-order valence-corrected chi connectivity index (χ3v) is 2.42. The van der Waals surface area contributed by atoms with Crippen LogP contribution in [-0.4, -0.2) is 43.7 Å². The number of rotatable bonds is 6. The van der Waals surface area contributed by atoms with Crippen LogP contribution in [-0.2, 0) is 4.74 Å². The molecule has 0 aliphatic heterocycles. The number of hydrogen-bond donors (Lipinski definition) is 3. The highest BCUT2D eigenvalue weighted by molar-refractivity contribution is 5.95. The standard InChI is InChI=1S/C12H15F3N2O4/c1-20-6-8(5-18)17-11(19)7-2-3-10(9(16)4-7)21-12(13,14)15/h2-4,8,18H,5-6,16H2,1H3,(H,17,19). The Kier molecular flexibility index (Phi) is 5.79. The summed E-state index contributed by atoms with van der Waals surface area (Å²) in [5, 5.41) is 11.5. The maximum Gasteiger partial charge on any atom is 0.573 e. The summed E-state index contributed by atoms with van der Waals surface area (Å²) in [4.78, 5) is 11.8. The number of amides is 1. The molecule has 9 heteroatoms. The average molecular weight is 308 g/mol. The normalized spacial score (nSPS) is 12.8. The average Bonchev–Trinajstić information content (AvgIpc) is 2.39. The molecule has 0 radical (unpaired) electrons. The summed E-state index contributed by atoms with van der Waals surface area (Å²) in [7, 11) is 1.40. The molecule has 21 heavy (non-hydrogen) atoms.